The Morgan fingerprint density at radius 3 is 2.29 bits per heavy atom. The van der Waals surface area contributed by atoms with Crippen LogP contribution in [0.4, 0.5) is 5.69 Å². The van der Waals surface area contributed by atoms with Crippen molar-refractivity contribution in [2.24, 2.45) is 0 Å². The molecule has 0 saturated heterocycles. The Bertz CT molecular complexity index is 566. The molecule has 0 atom stereocenters. The molecule has 120 valence electrons. The van der Waals surface area contributed by atoms with Crippen molar-refractivity contribution in [2.45, 2.75) is 44.7 Å². The van der Waals surface area contributed by atoms with Crippen molar-refractivity contribution in [3.8, 4) is 0 Å². The van der Waals surface area contributed by atoms with E-state index in [0.717, 1.165) is 0 Å². The van der Waals surface area contributed by atoms with Gasteiger partial charge in [0.25, 0.3) is 0 Å². The molecule has 0 unspecified atom stereocenters. The number of benzene rings is 1. The average Bonchev–Trinajstić information content (AvgIpc) is 2.33. The third-order valence-corrected chi connectivity index (χ3v) is 5.18. The summed E-state index contributed by atoms with van der Waals surface area (Å²) in [6, 6.07) is 5.09. The lowest BCUT2D eigenvalue weighted by Crippen LogP contribution is -2.42. The number of nitrogen functional groups attached to an aromatic ring is 1. The van der Waals surface area contributed by atoms with E-state index < -0.39 is 10.0 Å². The summed E-state index contributed by atoms with van der Waals surface area (Å²) in [7, 11) is -3.62. The Hall–Kier alpha value is -0.820. The maximum Gasteiger partial charge on any atom is 0.242 e. The SMILES string of the molecule is CC(C)N(CCNS(=O)(=O)c1ccc(N)cc1Cl)C(C)C. The lowest BCUT2D eigenvalue weighted by atomic mass is 10.2. The van der Waals surface area contributed by atoms with E-state index in [0.29, 0.717) is 30.9 Å². The van der Waals surface area contributed by atoms with Crippen LogP contribution in [0.5, 0.6) is 0 Å². The fraction of sp³-hybridized carbons (Fsp3) is 0.571. The van der Waals surface area contributed by atoms with Gasteiger partial charge in [-0.3, -0.25) is 4.90 Å². The highest BCUT2D eigenvalue weighted by Gasteiger charge is 2.19. The molecule has 0 radical (unpaired) electrons. The van der Waals surface area contributed by atoms with Gasteiger partial charge in [0.15, 0.2) is 0 Å². The van der Waals surface area contributed by atoms with Crippen LogP contribution in [-0.4, -0.2) is 38.5 Å². The van der Waals surface area contributed by atoms with Gasteiger partial charge in [-0.1, -0.05) is 11.6 Å². The van der Waals surface area contributed by atoms with Crippen LogP contribution in [0.2, 0.25) is 5.02 Å². The molecule has 1 aromatic rings. The molecule has 0 bridgehead atoms. The van der Waals surface area contributed by atoms with E-state index in [2.05, 4.69) is 37.3 Å². The number of sulfonamides is 1. The van der Waals surface area contributed by atoms with Gasteiger partial charge in [0.05, 0.1) is 5.02 Å². The van der Waals surface area contributed by atoms with Crippen LogP contribution in [0.3, 0.4) is 0 Å². The fourth-order valence-electron chi connectivity index (χ4n) is 2.23. The summed E-state index contributed by atoms with van der Waals surface area (Å²) in [6.45, 7) is 9.33. The van der Waals surface area contributed by atoms with Crippen LogP contribution >= 0.6 is 11.6 Å². The van der Waals surface area contributed by atoms with Crippen molar-refractivity contribution in [2.75, 3.05) is 18.8 Å². The van der Waals surface area contributed by atoms with Crippen LogP contribution in [0.1, 0.15) is 27.7 Å². The zero-order valence-corrected chi connectivity index (χ0v) is 14.5. The standard InChI is InChI=1S/C14H24ClN3O2S/c1-10(2)18(11(3)4)8-7-17-21(19,20)14-6-5-12(16)9-13(14)15/h5-6,9-11,17H,7-8,16H2,1-4H3. The first-order valence-electron chi connectivity index (χ1n) is 6.95. The number of hydrogen-bond acceptors (Lipinski definition) is 4. The predicted molar refractivity (Wildman–Crippen MR) is 88.0 cm³/mol. The second-order valence-electron chi connectivity index (χ2n) is 5.51. The second kappa shape index (κ2) is 7.45. The molecule has 0 spiro atoms. The van der Waals surface area contributed by atoms with Gasteiger partial charge in [0.2, 0.25) is 10.0 Å². The van der Waals surface area contributed by atoms with E-state index in [4.69, 9.17) is 17.3 Å². The fourth-order valence-corrected chi connectivity index (χ4v) is 3.81. The lowest BCUT2D eigenvalue weighted by molar-refractivity contribution is 0.179. The smallest absolute Gasteiger partial charge is 0.242 e. The van der Waals surface area contributed by atoms with Crippen LogP contribution in [-0.2, 0) is 10.0 Å². The van der Waals surface area contributed by atoms with E-state index >= 15 is 0 Å². The normalized spacial score (nSPS) is 12.6. The maximum absolute atomic E-state index is 12.2. The molecule has 0 aromatic heterocycles. The molecule has 3 N–H and O–H groups in total. The first kappa shape index (κ1) is 18.2. The maximum atomic E-state index is 12.2. The van der Waals surface area contributed by atoms with Crippen LogP contribution in [0.15, 0.2) is 23.1 Å². The topological polar surface area (TPSA) is 75.4 Å². The summed E-state index contributed by atoms with van der Waals surface area (Å²) in [5, 5.41) is 0.132. The highest BCUT2D eigenvalue weighted by Crippen LogP contribution is 2.23. The summed E-state index contributed by atoms with van der Waals surface area (Å²) >= 11 is 5.95. The van der Waals surface area contributed by atoms with E-state index in [-0.39, 0.29) is 9.92 Å². The van der Waals surface area contributed by atoms with Crippen molar-refractivity contribution in [1.82, 2.24) is 9.62 Å². The average molecular weight is 334 g/mol. The van der Waals surface area contributed by atoms with Crippen LogP contribution in [0, 0.1) is 0 Å². The molecular weight excluding hydrogens is 310 g/mol. The van der Waals surface area contributed by atoms with Crippen molar-refractivity contribution < 1.29 is 8.42 Å². The van der Waals surface area contributed by atoms with E-state index in [1.54, 1.807) is 0 Å². The molecule has 0 heterocycles. The summed E-state index contributed by atoms with van der Waals surface area (Å²) in [4.78, 5) is 2.27. The highest BCUT2D eigenvalue weighted by atomic mass is 35.5. The third-order valence-electron chi connectivity index (χ3n) is 3.23. The number of nitrogens with one attached hydrogen (secondary N) is 1. The summed E-state index contributed by atoms with van der Waals surface area (Å²) < 4.78 is 27.0. The highest BCUT2D eigenvalue weighted by molar-refractivity contribution is 7.89. The van der Waals surface area contributed by atoms with Crippen molar-refractivity contribution in [1.29, 1.82) is 0 Å². The van der Waals surface area contributed by atoms with Crippen LogP contribution < -0.4 is 10.5 Å². The molecule has 0 aliphatic carbocycles. The van der Waals surface area contributed by atoms with Crippen LogP contribution in [0.25, 0.3) is 0 Å². The Morgan fingerprint density at radius 1 is 1.24 bits per heavy atom. The molecule has 1 aromatic carbocycles. The number of hydrogen-bond donors (Lipinski definition) is 2. The Morgan fingerprint density at radius 2 is 1.81 bits per heavy atom. The van der Waals surface area contributed by atoms with Gasteiger partial charge in [-0.2, -0.15) is 0 Å². The van der Waals surface area contributed by atoms with E-state index in [1.165, 1.54) is 18.2 Å². The zero-order chi connectivity index (χ0) is 16.2. The Kier molecular flexibility index (Phi) is 6.46. The zero-order valence-electron chi connectivity index (χ0n) is 12.9. The summed E-state index contributed by atoms with van der Waals surface area (Å²) in [5.41, 5.74) is 6.01. The molecule has 0 saturated carbocycles. The number of nitrogens with two attached hydrogens (primary N) is 1. The van der Waals surface area contributed by atoms with E-state index in [1.807, 2.05) is 0 Å². The molecule has 0 fully saturated rings. The van der Waals surface area contributed by atoms with E-state index in [9.17, 15) is 8.42 Å². The van der Waals surface area contributed by atoms with Gasteiger partial charge in [-0.25, -0.2) is 13.1 Å². The van der Waals surface area contributed by atoms with Gasteiger partial charge in [0.1, 0.15) is 4.90 Å². The first-order chi connectivity index (χ1) is 9.65. The third kappa shape index (κ3) is 5.14. The molecule has 1 rings (SSSR count). The molecule has 0 amide bonds. The minimum atomic E-state index is -3.62. The minimum Gasteiger partial charge on any atom is -0.399 e. The number of rotatable bonds is 7. The molecule has 5 nitrogen and oxygen atoms in total. The van der Waals surface area contributed by atoms with Crippen molar-refractivity contribution in [3.63, 3.8) is 0 Å². The largest absolute Gasteiger partial charge is 0.399 e. The Labute approximate surface area is 132 Å². The van der Waals surface area contributed by atoms with Crippen molar-refractivity contribution >= 4 is 27.3 Å². The number of halogens is 1. The predicted octanol–water partition coefficient (Wildman–Crippen LogP) is 2.32. The number of anilines is 1. The van der Waals surface area contributed by atoms with Gasteiger partial charge >= 0.3 is 0 Å². The molecule has 21 heavy (non-hydrogen) atoms. The summed E-state index contributed by atoms with van der Waals surface area (Å²) in [6.07, 6.45) is 0. The minimum absolute atomic E-state index is 0.0546. The lowest BCUT2D eigenvalue weighted by Gasteiger charge is -2.30. The first-order valence-corrected chi connectivity index (χ1v) is 8.81. The monoisotopic (exact) mass is 333 g/mol. The molecule has 0 aliphatic heterocycles. The number of nitrogens with zero attached hydrogens (tertiary/aromatic N) is 1. The van der Waals surface area contributed by atoms with Crippen molar-refractivity contribution in [3.05, 3.63) is 23.2 Å². The van der Waals surface area contributed by atoms with Gasteiger partial charge in [-0.15, -0.1) is 0 Å². The molecular formula is C14H24ClN3O2S. The van der Waals surface area contributed by atoms with Gasteiger partial charge in [-0.05, 0) is 45.9 Å². The van der Waals surface area contributed by atoms with Gasteiger partial charge in [0, 0.05) is 30.9 Å². The molecule has 7 heteroatoms. The second-order valence-corrected chi connectivity index (χ2v) is 7.66. The van der Waals surface area contributed by atoms with Gasteiger partial charge < -0.3 is 5.73 Å². The summed E-state index contributed by atoms with van der Waals surface area (Å²) in [5.74, 6) is 0. The Balaban J connectivity index is 2.73. The molecule has 0 aliphatic rings. The quantitative estimate of drug-likeness (QED) is 0.751.